The third-order valence-corrected chi connectivity index (χ3v) is 3.14. The van der Waals surface area contributed by atoms with E-state index in [1.54, 1.807) is 32.0 Å². The fraction of sp³-hybridized carbons (Fsp3) is 0.214. The highest BCUT2D eigenvalue weighted by atomic mass is 35.5. The Balaban J connectivity index is 2.26. The number of halogens is 1. The van der Waals surface area contributed by atoms with Gasteiger partial charge in [0.2, 0.25) is 5.88 Å². The van der Waals surface area contributed by atoms with Crippen molar-refractivity contribution in [2.45, 2.75) is 20.5 Å². The molecule has 2 aromatic rings. The van der Waals surface area contributed by atoms with Crippen molar-refractivity contribution in [1.29, 1.82) is 0 Å². The second-order valence-corrected chi connectivity index (χ2v) is 4.75. The lowest BCUT2D eigenvalue weighted by Gasteiger charge is -2.10. The van der Waals surface area contributed by atoms with Crippen LogP contribution in [0, 0.1) is 13.8 Å². The molecule has 2 rings (SSSR count). The van der Waals surface area contributed by atoms with Gasteiger partial charge in [-0.1, -0.05) is 23.7 Å². The third-order valence-electron chi connectivity index (χ3n) is 2.90. The molecule has 1 heterocycles. The summed E-state index contributed by atoms with van der Waals surface area (Å²) in [6.45, 7) is 3.56. The van der Waals surface area contributed by atoms with E-state index in [0.717, 1.165) is 5.56 Å². The maximum atomic E-state index is 11.3. The Hall–Kier alpha value is -2.14. The molecule has 104 valence electrons. The normalized spacial score (nSPS) is 10.3. The van der Waals surface area contributed by atoms with E-state index < -0.39 is 5.97 Å². The summed E-state index contributed by atoms with van der Waals surface area (Å²) in [6.07, 6.45) is 0. The predicted octanol–water partition coefficient (Wildman–Crippen LogP) is 3.02. The molecule has 5 nitrogen and oxygen atoms in total. The van der Waals surface area contributed by atoms with Gasteiger partial charge in [-0.25, -0.2) is 4.79 Å². The first-order chi connectivity index (χ1) is 9.49. The number of aromatic carboxylic acids is 1. The van der Waals surface area contributed by atoms with Crippen molar-refractivity contribution < 1.29 is 14.6 Å². The zero-order chi connectivity index (χ0) is 14.7. The highest BCUT2D eigenvalue weighted by Crippen LogP contribution is 2.22. The maximum absolute atomic E-state index is 11.3. The molecule has 0 aliphatic carbocycles. The van der Waals surface area contributed by atoms with Crippen LogP contribution < -0.4 is 4.74 Å². The van der Waals surface area contributed by atoms with Crippen LogP contribution in [-0.4, -0.2) is 21.3 Å². The van der Waals surface area contributed by atoms with Crippen LogP contribution in [0.4, 0.5) is 0 Å². The standard InChI is InChI=1S/C14H13ClN2O3/c1-8-9(2)16-17-13(12(8)14(18)19)20-7-10-4-3-5-11(15)6-10/h3-6H,7H2,1-2H3,(H,18,19). The van der Waals surface area contributed by atoms with E-state index in [1.807, 2.05) is 6.07 Å². The molecule has 0 amide bonds. The predicted molar refractivity (Wildman–Crippen MR) is 74.2 cm³/mol. The number of rotatable bonds is 4. The van der Waals surface area contributed by atoms with Crippen molar-refractivity contribution >= 4 is 17.6 Å². The van der Waals surface area contributed by atoms with Crippen LogP contribution in [-0.2, 0) is 6.61 Å². The van der Waals surface area contributed by atoms with E-state index >= 15 is 0 Å². The number of carboxylic acids is 1. The zero-order valence-corrected chi connectivity index (χ0v) is 11.8. The number of hydrogen-bond donors (Lipinski definition) is 1. The Labute approximate surface area is 121 Å². The molecule has 6 heteroatoms. The summed E-state index contributed by atoms with van der Waals surface area (Å²) >= 11 is 5.88. The Morgan fingerprint density at radius 2 is 2.10 bits per heavy atom. The van der Waals surface area contributed by atoms with Crippen LogP contribution in [0.3, 0.4) is 0 Å². The van der Waals surface area contributed by atoms with E-state index in [4.69, 9.17) is 16.3 Å². The van der Waals surface area contributed by atoms with Crippen LogP contribution >= 0.6 is 11.6 Å². The molecule has 0 bridgehead atoms. The second-order valence-electron chi connectivity index (χ2n) is 4.31. The second kappa shape index (κ2) is 5.88. The highest BCUT2D eigenvalue weighted by molar-refractivity contribution is 6.30. The molecular formula is C14H13ClN2O3. The van der Waals surface area contributed by atoms with Gasteiger partial charge in [-0.05, 0) is 37.1 Å². The molecule has 1 aromatic heterocycles. The molecule has 1 N–H and O–H groups in total. The summed E-state index contributed by atoms with van der Waals surface area (Å²) in [4.78, 5) is 11.3. The SMILES string of the molecule is Cc1nnc(OCc2cccc(Cl)c2)c(C(=O)O)c1C. The number of nitrogens with zero attached hydrogens (tertiary/aromatic N) is 2. The minimum absolute atomic E-state index is 0.0144. The molecule has 0 unspecified atom stereocenters. The van der Waals surface area contributed by atoms with E-state index in [0.29, 0.717) is 16.3 Å². The smallest absolute Gasteiger partial charge is 0.341 e. The molecule has 1 aromatic carbocycles. The van der Waals surface area contributed by atoms with Gasteiger partial charge in [0.15, 0.2) is 0 Å². The summed E-state index contributed by atoms with van der Waals surface area (Å²) in [5, 5.41) is 17.5. The first kappa shape index (κ1) is 14.3. The third kappa shape index (κ3) is 3.05. The molecule has 0 saturated carbocycles. The topological polar surface area (TPSA) is 72.3 Å². The number of ether oxygens (including phenoxy) is 1. The number of carbonyl (C=O) groups is 1. The Kier molecular flexibility index (Phi) is 4.20. The highest BCUT2D eigenvalue weighted by Gasteiger charge is 2.19. The first-order valence-electron chi connectivity index (χ1n) is 5.93. The molecule has 0 radical (unpaired) electrons. The van der Waals surface area contributed by atoms with Gasteiger partial charge in [-0.3, -0.25) is 0 Å². The molecule has 0 aliphatic heterocycles. The molecule has 0 aliphatic rings. The Bertz CT molecular complexity index is 659. The Morgan fingerprint density at radius 1 is 1.35 bits per heavy atom. The average molecular weight is 293 g/mol. The quantitative estimate of drug-likeness (QED) is 0.938. The fourth-order valence-corrected chi connectivity index (χ4v) is 1.93. The number of aryl methyl sites for hydroxylation is 1. The lowest BCUT2D eigenvalue weighted by Crippen LogP contribution is -2.10. The fourth-order valence-electron chi connectivity index (χ4n) is 1.72. The number of aromatic nitrogens is 2. The van der Waals surface area contributed by atoms with E-state index in [-0.39, 0.29) is 18.1 Å². The van der Waals surface area contributed by atoms with Crippen LogP contribution in [0.5, 0.6) is 5.88 Å². The van der Waals surface area contributed by atoms with Gasteiger partial charge in [-0.2, -0.15) is 5.10 Å². The minimum atomic E-state index is -1.08. The van der Waals surface area contributed by atoms with Gasteiger partial charge >= 0.3 is 5.97 Å². The van der Waals surface area contributed by atoms with Crippen LogP contribution in [0.2, 0.25) is 5.02 Å². The van der Waals surface area contributed by atoms with E-state index in [2.05, 4.69) is 10.2 Å². The summed E-state index contributed by atoms with van der Waals surface area (Å²) in [5.74, 6) is -1.07. The van der Waals surface area contributed by atoms with Crippen LogP contribution in [0.25, 0.3) is 0 Å². The van der Waals surface area contributed by atoms with Gasteiger partial charge in [-0.15, -0.1) is 5.10 Å². The Morgan fingerprint density at radius 3 is 2.75 bits per heavy atom. The van der Waals surface area contributed by atoms with E-state index in [1.165, 1.54) is 0 Å². The largest absolute Gasteiger partial charge is 0.477 e. The molecule has 0 spiro atoms. The summed E-state index contributed by atoms with van der Waals surface area (Å²) < 4.78 is 5.46. The van der Waals surface area contributed by atoms with Gasteiger partial charge in [0, 0.05) is 5.02 Å². The number of hydrogen-bond acceptors (Lipinski definition) is 4. The van der Waals surface area contributed by atoms with Gasteiger partial charge in [0.25, 0.3) is 0 Å². The summed E-state index contributed by atoms with van der Waals surface area (Å²) in [6, 6.07) is 7.13. The number of carboxylic acid groups (broad SMARTS) is 1. The summed E-state index contributed by atoms with van der Waals surface area (Å²) in [7, 11) is 0. The number of benzene rings is 1. The molecule has 0 fully saturated rings. The van der Waals surface area contributed by atoms with Gasteiger partial charge < -0.3 is 9.84 Å². The van der Waals surface area contributed by atoms with Crippen molar-refractivity contribution in [3.05, 3.63) is 51.7 Å². The van der Waals surface area contributed by atoms with Crippen molar-refractivity contribution in [1.82, 2.24) is 10.2 Å². The zero-order valence-electron chi connectivity index (χ0n) is 11.1. The van der Waals surface area contributed by atoms with Crippen molar-refractivity contribution in [3.63, 3.8) is 0 Å². The van der Waals surface area contributed by atoms with Crippen LogP contribution in [0.1, 0.15) is 27.2 Å². The van der Waals surface area contributed by atoms with Gasteiger partial charge in [0.1, 0.15) is 12.2 Å². The molecule has 0 atom stereocenters. The molecular weight excluding hydrogens is 280 g/mol. The minimum Gasteiger partial charge on any atom is -0.477 e. The maximum Gasteiger partial charge on any atom is 0.341 e. The monoisotopic (exact) mass is 292 g/mol. The first-order valence-corrected chi connectivity index (χ1v) is 6.31. The molecule has 0 saturated heterocycles. The average Bonchev–Trinajstić information content (AvgIpc) is 2.39. The lowest BCUT2D eigenvalue weighted by atomic mass is 10.1. The summed E-state index contributed by atoms with van der Waals surface area (Å²) in [5.41, 5.74) is 1.99. The van der Waals surface area contributed by atoms with Gasteiger partial charge in [0.05, 0.1) is 5.69 Å². The van der Waals surface area contributed by atoms with Crippen molar-refractivity contribution in [3.8, 4) is 5.88 Å². The van der Waals surface area contributed by atoms with E-state index in [9.17, 15) is 9.90 Å². The lowest BCUT2D eigenvalue weighted by molar-refractivity contribution is 0.0689. The van der Waals surface area contributed by atoms with Crippen molar-refractivity contribution in [2.75, 3.05) is 0 Å². The van der Waals surface area contributed by atoms with Crippen LogP contribution in [0.15, 0.2) is 24.3 Å². The molecule has 20 heavy (non-hydrogen) atoms. The van der Waals surface area contributed by atoms with Crippen molar-refractivity contribution in [2.24, 2.45) is 0 Å².